The number of amides is 5. The van der Waals surface area contributed by atoms with Crippen molar-refractivity contribution in [2.45, 2.75) is 119 Å². The molecule has 0 radical (unpaired) electrons. The Labute approximate surface area is 273 Å². The zero-order valence-electron chi connectivity index (χ0n) is 29.1. The minimum Gasteiger partial charge on any atom is -0.434 e. The molecule has 0 aromatic rings. The first-order valence-corrected chi connectivity index (χ1v) is 16.6. The van der Waals surface area contributed by atoms with Crippen molar-refractivity contribution < 1.29 is 38.2 Å². The molecule has 262 valence electrons. The van der Waals surface area contributed by atoms with E-state index < -0.39 is 65.3 Å². The van der Waals surface area contributed by atoms with Crippen molar-refractivity contribution in [3.8, 4) is 0 Å². The third-order valence-electron chi connectivity index (χ3n) is 8.96. The maximum atomic E-state index is 14.2. The Morgan fingerprint density at radius 2 is 1.50 bits per heavy atom. The molecule has 1 saturated heterocycles. The summed E-state index contributed by atoms with van der Waals surface area (Å²) >= 11 is 0. The first-order chi connectivity index (χ1) is 21.3. The molecule has 5 atom stereocenters. The van der Waals surface area contributed by atoms with E-state index in [1.807, 2.05) is 62.3 Å². The van der Waals surface area contributed by atoms with E-state index in [9.17, 15) is 28.8 Å². The molecule has 1 aliphatic carbocycles. The fraction of sp³-hybridized carbons (Fsp3) is 0.818. The quantitative estimate of drug-likeness (QED) is 0.154. The SMILES string of the molecule is CC(C)COC(=O)OC[C@@H](NC(=O)NC(C(=O)N1C[C@H](C(C)C)CC1C(=O)NC(CC1CCC1)C(=O)C(N)=O)C(C)(C)C)C(C)C. The number of Topliss-reactive ketones (excluding diaryl/α,β-unsaturated/α-hetero) is 1. The minimum atomic E-state index is -1.11. The summed E-state index contributed by atoms with van der Waals surface area (Å²) in [5, 5.41) is 8.36. The molecule has 46 heavy (non-hydrogen) atoms. The average molecular weight is 652 g/mol. The van der Waals surface area contributed by atoms with Crippen LogP contribution in [0.25, 0.3) is 0 Å². The molecule has 3 unspecified atom stereocenters. The molecular weight excluding hydrogens is 594 g/mol. The highest BCUT2D eigenvalue weighted by Crippen LogP contribution is 2.33. The smallest absolute Gasteiger partial charge is 0.434 e. The van der Waals surface area contributed by atoms with Crippen LogP contribution in [-0.2, 0) is 28.7 Å². The molecule has 0 aromatic heterocycles. The van der Waals surface area contributed by atoms with Gasteiger partial charge in [-0.05, 0) is 47.8 Å². The number of nitrogens with one attached hydrogen (secondary N) is 3. The Balaban J connectivity index is 2.21. The van der Waals surface area contributed by atoms with Crippen molar-refractivity contribution in [2.24, 2.45) is 40.7 Å². The summed E-state index contributed by atoms with van der Waals surface area (Å²) < 4.78 is 10.3. The molecule has 1 heterocycles. The Hall–Kier alpha value is -3.38. The predicted octanol–water partition coefficient (Wildman–Crippen LogP) is 3.14. The number of primary amides is 1. The van der Waals surface area contributed by atoms with Gasteiger partial charge >= 0.3 is 12.2 Å². The molecular formula is C33H57N5O8. The summed E-state index contributed by atoms with van der Waals surface area (Å²) in [4.78, 5) is 79.1. The second kappa shape index (κ2) is 17.0. The molecule has 13 heteroatoms. The van der Waals surface area contributed by atoms with E-state index in [1.54, 1.807) is 0 Å². The molecule has 1 saturated carbocycles. The minimum absolute atomic E-state index is 0.00370. The van der Waals surface area contributed by atoms with Crippen LogP contribution >= 0.6 is 0 Å². The van der Waals surface area contributed by atoms with Crippen LogP contribution in [0.3, 0.4) is 0 Å². The number of urea groups is 1. The van der Waals surface area contributed by atoms with Gasteiger partial charge in [-0.15, -0.1) is 0 Å². The van der Waals surface area contributed by atoms with E-state index in [2.05, 4.69) is 16.0 Å². The van der Waals surface area contributed by atoms with Crippen LogP contribution in [-0.4, -0.2) is 84.5 Å². The third kappa shape index (κ3) is 11.5. The zero-order chi connectivity index (χ0) is 34.9. The van der Waals surface area contributed by atoms with Crippen LogP contribution < -0.4 is 21.7 Å². The normalized spacial score (nSPS) is 20.5. The molecule has 5 N–H and O–H groups in total. The van der Waals surface area contributed by atoms with Crippen LogP contribution in [0.15, 0.2) is 0 Å². The summed E-state index contributed by atoms with van der Waals surface area (Å²) in [6.07, 6.45) is 2.73. The number of hydrogen-bond acceptors (Lipinski definition) is 8. The van der Waals surface area contributed by atoms with Crippen molar-refractivity contribution in [3.05, 3.63) is 0 Å². The fourth-order valence-corrected chi connectivity index (χ4v) is 5.57. The Morgan fingerprint density at radius 1 is 0.891 bits per heavy atom. The molecule has 0 spiro atoms. The number of carbonyl (C=O) groups excluding carboxylic acids is 6. The number of rotatable bonds is 15. The third-order valence-corrected chi connectivity index (χ3v) is 8.96. The van der Waals surface area contributed by atoms with Crippen molar-refractivity contribution in [1.29, 1.82) is 0 Å². The zero-order valence-corrected chi connectivity index (χ0v) is 29.1. The van der Waals surface area contributed by atoms with Gasteiger partial charge in [0.1, 0.15) is 18.7 Å². The van der Waals surface area contributed by atoms with Gasteiger partial charge < -0.3 is 36.1 Å². The lowest BCUT2D eigenvalue weighted by Crippen LogP contribution is -2.61. The van der Waals surface area contributed by atoms with Crippen LogP contribution in [0.2, 0.25) is 0 Å². The van der Waals surface area contributed by atoms with E-state index in [0.29, 0.717) is 19.4 Å². The van der Waals surface area contributed by atoms with E-state index >= 15 is 0 Å². The van der Waals surface area contributed by atoms with Gasteiger partial charge in [0.15, 0.2) is 0 Å². The lowest BCUT2D eigenvalue weighted by atomic mass is 9.80. The largest absolute Gasteiger partial charge is 0.508 e. The van der Waals surface area contributed by atoms with E-state index in [0.717, 1.165) is 19.3 Å². The molecule has 2 aliphatic rings. The standard InChI is InChI=1S/C33H57N5O8/c1-18(2)16-45-32(44)46-17-24(20(5)6)36-31(43)37-27(33(7,8)9)30(42)38-15-22(19(3)4)14-25(38)29(41)35-23(26(39)28(34)40)13-21-11-10-12-21/h18-25,27H,10-17H2,1-9H3,(H2,34,40)(H,35,41)(H2,36,37,43)/t22-,23?,24-,25?,27?/m1/s1. The average Bonchev–Trinajstić information content (AvgIpc) is 3.38. The molecule has 13 nitrogen and oxygen atoms in total. The maximum Gasteiger partial charge on any atom is 0.508 e. The molecule has 0 bridgehead atoms. The Bertz CT molecular complexity index is 1100. The first-order valence-electron chi connectivity index (χ1n) is 16.6. The molecule has 1 aliphatic heterocycles. The summed E-state index contributed by atoms with van der Waals surface area (Å²) in [5.74, 6) is -2.49. The molecule has 5 amide bonds. The lowest BCUT2D eigenvalue weighted by molar-refractivity contribution is -0.143. The number of hydrogen-bond donors (Lipinski definition) is 4. The highest BCUT2D eigenvalue weighted by Gasteiger charge is 2.46. The first kappa shape index (κ1) is 38.8. The number of carbonyl (C=O) groups is 6. The van der Waals surface area contributed by atoms with Crippen molar-refractivity contribution >= 4 is 35.7 Å². The van der Waals surface area contributed by atoms with Gasteiger partial charge in [0, 0.05) is 6.54 Å². The summed E-state index contributed by atoms with van der Waals surface area (Å²) in [6, 6.07) is -4.15. The van der Waals surface area contributed by atoms with Gasteiger partial charge in [0.2, 0.25) is 17.6 Å². The lowest BCUT2D eigenvalue weighted by Gasteiger charge is -2.36. The van der Waals surface area contributed by atoms with Gasteiger partial charge in [-0.3, -0.25) is 19.2 Å². The number of likely N-dealkylation sites (tertiary alicyclic amines) is 1. The number of nitrogens with zero attached hydrogens (tertiary/aromatic N) is 1. The second-order valence-corrected chi connectivity index (χ2v) is 15.1. The van der Waals surface area contributed by atoms with E-state index in [1.165, 1.54) is 4.90 Å². The van der Waals surface area contributed by atoms with Gasteiger partial charge in [0.25, 0.3) is 5.91 Å². The summed E-state index contributed by atoms with van der Waals surface area (Å²) in [7, 11) is 0. The van der Waals surface area contributed by atoms with Gasteiger partial charge in [-0.2, -0.15) is 0 Å². The Kier molecular flexibility index (Phi) is 14.3. The highest BCUT2D eigenvalue weighted by molar-refractivity contribution is 6.37. The van der Waals surface area contributed by atoms with Crippen molar-refractivity contribution in [1.82, 2.24) is 20.9 Å². The fourth-order valence-electron chi connectivity index (χ4n) is 5.57. The summed E-state index contributed by atoms with van der Waals surface area (Å²) in [5.41, 5.74) is 4.56. The van der Waals surface area contributed by atoms with Crippen molar-refractivity contribution in [3.63, 3.8) is 0 Å². The monoisotopic (exact) mass is 651 g/mol. The van der Waals surface area contributed by atoms with Gasteiger partial charge in [0.05, 0.1) is 18.7 Å². The molecule has 2 rings (SSSR count). The Morgan fingerprint density at radius 3 is 1.98 bits per heavy atom. The maximum absolute atomic E-state index is 14.2. The van der Waals surface area contributed by atoms with E-state index in [-0.39, 0.29) is 42.8 Å². The van der Waals surface area contributed by atoms with E-state index in [4.69, 9.17) is 15.2 Å². The van der Waals surface area contributed by atoms with Crippen LogP contribution in [0, 0.1) is 35.0 Å². The number of nitrogens with two attached hydrogens (primary N) is 1. The highest BCUT2D eigenvalue weighted by atomic mass is 16.7. The van der Waals surface area contributed by atoms with Crippen LogP contribution in [0.1, 0.15) is 94.4 Å². The summed E-state index contributed by atoms with van der Waals surface area (Å²) in [6.45, 7) is 17.4. The van der Waals surface area contributed by atoms with Gasteiger partial charge in [-0.1, -0.05) is 81.6 Å². The molecule has 0 aromatic carbocycles. The topological polar surface area (TPSA) is 186 Å². The number of ether oxygens (including phenoxy) is 2. The predicted molar refractivity (Wildman–Crippen MR) is 172 cm³/mol. The second-order valence-electron chi connectivity index (χ2n) is 15.1. The number of ketones is 1. The van der Waals surface area contributed by atoms with Crippen molar-refractivity contribution in [2.75, 3.05) is 19.8 Å². The van der Waals surface area contributed by atoms with Crippen LogP contribution in [0.4, 0.5) is 9.59 Å². The molecule has 2 fully saturated rings. The van der Waals surface area contributed by atoms with Gasteiger partial charge in [-0.25, -0.2) is 9.59 Å². The van der Waals surface area contributed by atoms with Crippen LogP contribution in [0.5, 0.6) is 0 Å².